The predicted molar refractivity (Wildman–Crippen MR) is 73.5 cm³/mol. The number of rotatable bonds is 0. The second kappa shape index (κ2) is 3.59. The van der Waals surface area contributed by atoms with E-state index < -0.39 is 0 Å². The lowest BCUT2D eigenvalue weighted by Crippen LogP contribution is -2.14. The fraction of sp³-hybridized carbons (Fsp3) is 0.533. The van der Waals surface area contributed by atoms with E-state index in [1.54, 1.807) is 0 Å². The van der Waals surface area contributed by atoms with Crippen molar-refractivity contribution >= 4 is 10.9 Å². The smallest absolute Gasteiger partial charge is 0.0643 e. The molecule has 0 amide bonds. The molecule has 2 heterocycles. The zero-order chi connectivity index (χ0) is 12.8. The molecule has 17 heavy (non-hydrogen) atoms. The quantitative estimate of drug-likeness (QED) is 0.723. The molecule has 0 aliphatic carbocycles. The van der Waals surface area contributed by atoms with Crippen molar-refractivity contribution in [1.82, 2.24) is 9.97 Å². The van der Waals surface area contributed by atoms with E-state index in [0.717, 1.165) is 11.2 Å². The van der Waals surface area contributed by atoms with Gasteiger partial charge in [-0.25, -0.2) is 0 Å². The number of fused-ring (bicyclic) bond motifs is 1. The van der Waals surface area contributed by atoms with Crippen molar-refractivity contribution in [2.45, 2.75) is 52.4 Å². The van der Waals surface area contributed by atoms with Crippen LogP contribution in [-0.4, -0.2) is 9.97 Å². The van der Waals surface area contributed by atoms with Crippen LogP contribution in [0.25, 0.3) is 10.9 Å². The molecule has 0 radical (unpaired) electrons. The number of aromatic nitrogens is 2. The summed E-state index contributed by atoms with van der Waals surface area (Å²) in [6, 6.07) is 2.23. The molecule has 0 saturated carbocycles. The SMILES string of the molecule is CC(C)(C)c1cc2c(C(C)(C)C)c[nH]c2cn1. The Morgan fingerprint density at radius 3 is 2.18 bits per heavy atom. The third kappa shape index (κ3) is 2.21. The molecule has 0 bridgehead atoms. The Labute approximate surface area is 103 Å². The van der Waals surface area contributed by atoms with Crippen LogP contribution in [0.1, 0.15) is 52.8 Å². The van der Waals surface area contributed by atoms with Crippen LogP contribution >= 0.6 is 0 Å². The van der Waals surface area contributed by atoms with Gasteiger partial charge in [0.15, 0.2) is 0 Å². The minimum Gasteiger partial charge on any atom is -0.360 e. The zero-order valence-electron chi connectivity index (χ0n) is 11.7. The summed E-state index contributed by atoms with van der Waals surface area (Å²) in [5, 5.41) is 1.30. The molecule has 0 unspecified atom stereocenters. The fourth-order valence-electron chi connectivity index (χ4n) is 2.05. The van der Waals surface area contributed by atoms with Crippen LogP contribution in [-0.2, 0) is 10.8 Å². The normalized spacial score (nSPS) is 13.3. The van der Waals surface area contributed by atoms with Crippen LogP contribution in [0, 0.1) is 0 Å². The van der Waals surface area contributed by atoms with Gasteiger partial charge in [-0.1, -0.05) is 41.5 Å². The minimum atomic E-state index is 0.0978. The first-order valence-electron chi connectivity index (χ1n) is 6.18. The first kappa shape index (κ1) is 12.2. The molecule has 2 rings (SSSR count). The lowest BCUT2D eigenvalue weighted by Gasteiger charge is -2.20. The first-order valence-corrected chi connectivity index (χ1v) is 6.18. The Bertz CT molecular complexity index is 536. The van der Waals surface area contributed by atoms with E-state index in [1.165, 1.54) is 10.9 Å². The zero-order valence-corrected chi connectivity index (χ0v) is 11.7. The van der Waals surface area contributed by atoms with Gasteiger partial charge in [0.05, 0.1) is 11.7 Å². The number of H-pyrrole nitrogens is 1. The molecule has 2 aromatic rings. The van der Waals surface area contributed by atoms with Crippen LogP contribution in [0.3, 0.4) is 0 Å². The van der Waals surface area contributed by atoms with Crippen molar-refractivity contribution in [1.29, 1.82) is 0 Å². The van der Waals surface area contributed by atoms with Crippen molar-refractivity contribution in [3.8, 4) is 0 Å². The van der Waals surface area contributed by atoms with Crippen LogP contribution in [0.5, 0.6) is 0 Å². The Kier molecular flexibility index (Phi) is 2.57. The molecule has 0 saturated heterocycles. The summed E-state index contributed by atoms with van der Waals surface area (Å²) < 4.78 is 0. The molecular weight excluding hydrogens is 208 g/mol. The number of nitrogens with one attached hydrogen (secondary N) is 1. The summed E-state index contributed by atoms with van der Waals surface area (Å²) in [5.74, 6) is 0. The van der Waals surface area contributed by atoms with E-state index in [0.29, 0.717) is 0 Å². The van der Waals surface area contributed by atoms with Gasteiger partial charge in [-0.05, 0) is 17.0 Å². The van der Waals surface area contributed by atoms with Crippen molar-refractivity contribution in [3.05, 3.63) is 29.7 Å². The summed E-state index contributed by atoms with van der Waals surface area (Å²) in [5.41, 5.74) is 3.90. The summed E-state index contributed by atoms with van der Waals surface area (Å²) in [6.07, 6.45) is 4.06. The van der Waals surface area contributed by atoms with Crippen LogP contribution in [0.2, 0.25) is 0 Å². The number of hydrogen-bond acceptors (Lipinski definition) is 1. The van der Waals surface area contributed by atoms with Gasteiger partial charge in [-0.15, -0.1) is 0 Å². The average molecular weight is 230 g/mol. The molecule has 0 aromatic carbocycles. The van der Waals surface area contributed by atoms with E-state index >= 15 is 0 Å². The minimum absolute atomic E-state index is 0.0978. The standard InChI is InChI=1S/C15H22N2/c1-14(2,3)11-8-16-12-9-17-13(7-10(11)12)15(4,5)6/h7-9,16H,1-6H3. The van der Waals surface area contributed by atoms with Gasteiger partial charge in [-0.2, -0.15) is 0 Å². The predicted octanol–water partition coefficient (Wildman–Crippen LogP) is 4.16. The maximum Gasteiger partial charge on any atom is 0.0643 e. The largest absolute Gasteiger partial charge is 0.360 e. The highest BCUT2D eigenvalue weighted by molar-refractivity contribution is 5.84. The first-order chi connectivity index (χ1) is 7.69. The molecule has 0 spiro atoms. The van der Waals surface area contributed by atoms with Crippen molar-refractivity contribution in [2.75, 3.05) is 0 Å². The molecule has 0 aliphatic rings. The van der Waals surface area contributed by atoms with E-state index in [2.05, 4.69) is 63.8 Å². The summed E-state index contributed by atoms with van der Waals surface area (Å²) in [4.78, 5) is 7.85. The maximum atomic E-state index is 4.54. The lowest BCUT2D eigenvalue weighted by atomic mass is 9.85. The van der Waals surface area contributed by atoms with Crippen LogP contribution in [0.15, 0.2) is 18.5 Å². The molecule has 2 heteroatoms. The Hall–Kier alpha value is -1.31. The van der Waals surface area contributed by atoms with E-state index in [9.17, 15) is 0 Å². The fourth-order valence-corrected chi connectivity index (χ4v) is 2.05. The molecule has 0 aliphatic heterocycles. The molecule has 2 nitrogen and oxygen atoms in total. The van der Waals surface area contributed by atoms with Crippen LogP contribution < -0.4 is 0 Å². The molecule has 0 atom stereocenters. The molecule has 0 fully saturated rings. The Morgan fingerprint density at radius 1 is 1.00 bits per heavy atom. The van der Waals surface area contributed by atoms with Crippen molar-refractivity contribution in [2.24, 2.45) is 0 Å². The lowest BCUT2D eigenvalue weighted by molar-refractivity contribution is 0.569. The van der Waals surface area contributed by atoms with E-state index in [4.69, 9.17) is 0 Å². The Morgan fingerprint density at radius 2 is 1.65 bits per heavy atom. The second-order valence-corrected chi connectivity index (χ2v) is 6.82. The summed E-state index contributed by atoms with van der Waals surface area (Å²) >= 11 is 0. The van der Waals surface area contributed by atoms with Gasteiger partial charge >= 0.3 is 0 Å². The van der Waals surface area contributed by atoms with Crippen molar-refractivity contribution in [3.63, 3.8) is 0 Å². The molecular formula is C15H22N2. The highest BCUT2D eigenvalue weighted by Crippen LogP contribution is 2.31. The molecule has 2 aromatic heterocycles. The van der Waals surface area contributed by atoms with Gasteiger partial charge < -0.3 is 4.98 Å². The number of nitrogens with zero attached hydrogens (tertiary/aromatic N) is 1. The average Bonchev–Trinajstić information content (AvgIpc) is 2.57. The Balaban J connectivity index is 2.67. The van der Waals surface area contributed by atoms with E-state index in [1.807, 2.05) is 6.20 Å². The second-order valence-electron chi connectivity index (χ2n) is 6.82. The molecule has 1 N–H and O–H groups in total. The van der Waals surface area contributed by atoms with Gasteiger partial charge in [-0.3, -0.25) is 4.98 Å². The third-order valence-corrected chi connectivity index (χ3v) is 3.14. The van der Waals surface area contributed by atoms with Gasteiger partial charge in [0.1, 0.15) is 0 Å². The number of aromatic amines is 1. The topological polar surface area (TPSA) is 28.7 Å². The third-order valence-electron chi connectivity index (χ3n) is 3.14. The maximum absolute atomic E-state index is 4.54. The van der Waals surface area contributed by atoms with Crippen LogP contribution in [0.4, 0.5) is 0 Å². The van der Waals surface area contributed by atoms with Gasteiger partial charge in [0, 0.05) is 22.7 Å². The number of hydrogen-bond donors (Lipinski definition) is 1. The highest BCUT2D eigenvalue weighted by Gasteiger charge is 2.21. The molecule has 92 valence electrons. The summed E-state index contributed by atoms with van der Waals surface area (Å²) in [7, 11) is 0. The number of pyridine rings is 1. The van der Waals surface area contributed by atoms with Gasteiger partial charge in [0.2, 0.25) is 0 Å². The highest BCUT2D eigenvalue weighted by atomic mass is 14.8. The van der Waals surface area contributed by atoms with Crippen molar-refractivity contribution < 1.29 is 0 Å². The van der Waals surface area contributed by atoms with E-state index in [-0.39, 0.29) is 10.8 Å². The summed E-state index contributed by atoms with van der Waals surface area (Å²) in [6.45, 7) is 13.3. The monoisotopic (exact) mass is 230 g/mol. The van der Waals surface area contributed by atoms with Gasteiger partial charge in [0.25, 0.3) is 0 Å².